The highest BCUT2D eigenvalue weighted by atomic mass is 16.2. The molecule has 21 heavy (non-hydrogen) atoms. The van der Waals surface area contributed by atoms with E-state index in [-0.39, 0.29) is 17.7 Å². The molecule has 1 fully saturated rings. The van der Waals surface area contributed by atoms with Gasteiger partial charge in [-0.15, -0.1) is 0 Å². The van der Waals surface area contributed by atoms with Crippen molar-refractivity contribution in [3.8, 4) is 0 Å². The van der Waals surface area contributed by atoms with Gasteiger partial charge < -0.3 is 10.2 Å². The van der Waals surface area contributed by atoms with E-state index in [9.17, 15) is 9.59 Å². The monoisotopic (exact) mass is 283 g/mol. The molecule has 3 rings (SSSR count). The van der Waals surface area contributed by atoms with Crippen molar-refractivity contribution in [1.29, 1.82) is 0 Å². The smallest absolute Gasteiger partial charge is 0.274 e. The third-order valence-corrected chi connectivity index (χ3v) is 3.27. The molecule has 0 radical (unpaired) electrons. The van der Waals surface area contributed by atoms with Crippen molar-refractivity contribution >= 4 is 17.5 Å². The standard InChI is InChI=1S/C14H13N5O2/c20-13(18-11-1-3-15-4-2-11)10-8-19(9-10)14(21)12-7-16-5-6-17-12/h1-7,10H,8-9H2,(H,15,18,20). The van der Waals surface area contributed by atoms with Crippen LogP contribution in [0.15, 0.2) is 43.1 Å². The maximum Gasteiger partial charge on any atom is 0.274 e. The van der Waals surface area contributed by atoms with Gasteiger partial charge in [0.1, 0.15) is 5.69 Å². The average molecular weight is 283 g/mol. The van der Waals surface area contributed by atoms with E-state index in [4.69, 9.17) is 0 Å². The Balaban J connectivity index is 1.54. The van der Waals surface area contributed by atoms with Crippen LogP contribution in [0.3, 0.4) is 0 Å². The number of rotatable bonds is 3. The van der Waals surface area contributed by atoms with Gasteiger partial charge in [-0.3, -0.25) is 19.6 Å². The molecule has 7 heteroatoms. The van der Waals surface area contributed by atoms with E-state index in [2.05, 4.69) is 20.3 Å². The van der Waals surface area contributed by atoms with E-state index in [1.807, 2.05) is 0 Å². The number of carbonyl (C=O) groups excluding carboxylic acids is 2. The molecule has 2 aromatic heterocycles. The lowest BCUT2D eigenvalue weighted by Crippen LogP contribution is -2.54. The summed E-state index contributed by atoms with van der Waals surface area (Å²) >= 11 is 0. The molecule has 7 nitrogen and oxygen atoms in total. The maximum absolute atomic E-state index is 12.0. The molecule has 0 atom stereocenters. The summed E-state index contributed by atoms with van der Waals surface area (Å²) in [6.45, 7) is 0.790. The first-order valence-electron chi connectivity index (χ1n) is 6.50. The highest BCUT2D eigenvalue weighted by Gasteiger charge is 2.36. The number of aromatic nitrogens is 3. The largest absolute Gasteiger partial charge is 0.336 e. The first kappa shape index (κ1) is 13.2. The van der Waals surface area contributed by atoms with Crippen molar-refractivity contribution in [2.45, 2.75) is 0 Å². The van der Waals surface area contributed by atoms with Gasteiger partial charge >= 0.3 is 0 Å². The molecule has 1 N–H and O–H groups in total. The zero-order valence-electron chi connectivity index (χ0n) is 11.1. The van der Waals surface area contributed by atoms with E-state index in [0.29, 0.717) is 24.5 Å². The summed E-state index contributed by atoms with van der Waals surface area (Å²) in [5, 5.41) is 2.80. The van der Waals surface area contributed by atoms with E-state index in [0.717, 1.165) is 0 Å². The number of hydrogen-bond acceptors (Lipinski definition) is 5. The fourth-order valence-electron chi connectivity index (χ4n) is 2.06. The Morgan fingerprint density at radius 3 is 2.52 bits per heavy atom. The van der Waals surface area contributed by atoms with Crippen LogP contribution in [0.2, 0.25) is 0 Å². The van der Waals surface area contributed by atoms with E-state index in [1.165, 1.54) is 18.6 Å². The van der Waals surface area contributed by atoms with Gasteiger partial charge in [0.2, 0.25) is 5.91 Å². The summed E-state index contributed by atoms with van der Waals surface area (Å²) in [7, 11) is 0. The van der Waals surface area contributed by atoms with Gasteiger partial charge in [-0.25, -0.2) is 4.98 Å². The minimum Gasteiger partial charge on any atom is -0.336 e. The number of pyridine rings is 1. The van der Waals surface area contributed by atoms with Crippen molar-refractivity contribution in [1.82, 2.24) is 19.9 Å². The minimum atomic E-state index is -0.198. The Morgan fingerprint density at radius 2 is 1.86 bits per heavy atom. The summed E-state index contributed by atoms with van der Waals surface area (Å²) in [5.74, 6) is -0.487. The molecular weight excluding hydrogens is 270 g/mol. The van der Waals surface area contributed by atoms with Gasteiger partial charge in [0, 0.05) is 43.6 Å². The number of nitrogens with one attached hydrogen (secondary N) is 1. The molecule has 1 aliphatic rings. The number of carbonyl (C=O) groups is 2. The Morgan fingerprint density at radius 1 is 1.10 bits per heavy atom. The van der Waals surface area contributed by atoms with Gasteiger partial charge in [0.05, 0.1) is 12.1 Å². The number of amides is 2. The fourth-order valence-corrected chi connectivity index (χ4v) is 2.06. The normalized spacial score (nSPS) is 14.4. The van der Waals surface area contributed by atoms with Gasteiger partial charge in [-0.1, -0.05) is 0 Å². The molecule has 0 bridgehead atoms. The molecule has 0 aromatic carbocycles. The SMILES string of the molecule is O=C(Nc1ccncc1)C1CN(C(=O)c2cnccn2)C1. The van der Waals surface area contributed by atoms with E-state index >= 15 is 0 Å². The van der Waals surface area contributed by atoms with Crippen LogP contribution >= 0.6 is 0 Å². The van der Waals surface area contributed by atoms with Gasteiger partial charge in [-0.2, -0.15) is 0 Å². The molecule has 1 aliphatic heterocycles. The summed E-state index contributed by atoms with van der Waals surface area (Å²) < 4.78 is 0. The quantitative estimate of drug-likeness (QED) is 0.890. The Labute approximate surface area is 121 Å². The van der Waals surface area contributed by atoms with Gasteiger partial charge in [-0.05, 0) is 12.1 Å². The maximum atomic E-state index is 12.0. The molecular formula is C14H13N5O2. The first-order chi connectivity index (χ1) is 10.2. The fraction of sp³-hybridized carbons (Fsp3) is 0.214. The van der Waals surface area contributed by atoms with Gasteiger partial charge in [0.15, 0.2) is 0 Å². The molecule has 3 heterocycles. The third-order valence-electron chi connectivity index (χ3n) is 3.27. The van der Waals surface area contributed by atoms with Crippen LogP contribution in [-0.4, -0.2) is 44.8 Å². The Kier molecular flexibility index (Phi) is 3.55. The molecule has 0 aliphatic carbocycles. The van der Waals surface area contributed by atoms with Crippen LogP contribution in [0.4, 0.5) is 5.69 Å². The minimum absolute atomic E-state index is 0.0932. The molecule has 0 unspecified atom stereocenters. The van der Waals surface area contributed by atoms with Crippen LogP contribution in [0.1, 0.15) is 10.5 Å². The van der Waals surface area contributed by atoms with Crippen LogP contribution in [0.5, 0.6) is 0 Å². The predicted octanol–water partition coefficient (Wildman–Crippen LogP) is 0.582. The summed E-state index contributed by atoms with van der Waals surface area (Å²) in [5.41, 5.74) is 0.999. The second-order valence-electron chi connectivity index (χ2n) is 4.72. The third kappa shape index (κ3) is 2.86. The van der Waals surface area contributed by atoms with E-state index in [1.54, 1.807) is 29.4 Å². The van der Waals surface area contributed by atoms with Crippen molar-refractivity contribution < 1.29 is 9.59 Å². The molecule has 0 spiro atoms. The first-order valence-corrected chi connectivity index (χ1v) is 6.50. The summed E-state index contributed by atoms with van der Waals surface area (Å²) in [6, 6.07) is 3.44. The van der Waals surface area contributed by atoms with E-state index < -0.39 is 0 Å². The average Bonchev–Trinajstić information content (AvgIpc) is 2.47. The van der Waals surface area contributed by atoms with Crippen LogP contribution < -0.4 is 5.32 Å². The predicted molar refractivity (Wildman–Crippen MR) is 74.3 cm³/mol. The summed E-state index contributed by atoms with van der Waals surface area (Å²) in [6.07, 6.45) is 7.63. The molecule has 2 aromatic rings. The van der Waals surface area contributed by atoms with Crippen molar-refractivity contribution in [2.75, 3.05) is 18.4 Å². The lowest BCUT2D eigenvalue weighted by atomic mass is 9.98. The number of anilines is 1. The molecule has 1 saturated heterocycles. The lowest BCUT2D eigenvalue weighted by Gasteiger charge is -2.37. The summed E-state index contributed by atoms with van der Waals surface area (Å²) in [4.78, 5) is 37.3. The second kappa shape index (κ2) is 5.66. The molecule has 2 amide bonds. The highest BCUT2D eigenvalue weighted by Crippen LogP contribution is 2.19. The Bertz CT molecular complexity index is 641. The van der Waals surface area contributed by atoms with Crippen molar-refractivity contribution in [3.05, 3.63) is 48.8 Å². The number of hydrogen-bond donors (Lipinski definition) is 1. The molecule has 106 valence electrons. The van der Waals surface area contributed by atoms with Gasteiger partial charge in [0.25, 0.3) is 5.91 Å². The lowest BCUT2D eigenvalue weighted by molar-refractivity contribution is -0.123. The highest BCUT2D eigenvalue weighted by molar-refractivity contribution is 5.97. The van der Waals surface area contributed by atoms with Crippen LogP contribution in [0, 0.1) is 5.92 Å². The zero-order valence-corrected chi connectivity index (χ0v) is 11.1. The van der Waals surface area contributed by atoms with Crippen LogP contribution in [-0.2, 0) is 4.79 Å². The number of nitrogens with zero attached hydrogens (tertiary/aromatic N) is 4. The van der Waals surface area contributed by atoms with Crippen molar-refractivity contribution in [3.63, 3.8) is 0 Å². The second-order valence-corrected chi connectivity index (χ2v) is 4.72. The topological polar surface area (TPSA) is 88.1 Å². The number of likely N-dealkylation sites (tertiary alicyclic amines) is 1. The zero-order chi connectivity index (χ0) is 14.7. The van der Waals surface area contributed by atoms with Crippen LogP contribution in [0.25, 0.3) is 0 Å². The Hall–Kier alpha value is -2.83. The van der Waals surface area contributed by atoms with Crippen molar-refractivity contribution in [2.24, 2.45) is 5.92 Å². The molecule has 0 saturated carbocycles.